The van der Waals surface area contributed by atoms with Crippen molar-refractivity contribution < 1.29 is 14.6 Å². The van der Waals surface area contributed by atoms with E-state index in [0.717, 1.165) is 16.9 Å². The number of methoxy groups -OCH3 is 2. The predicted molar refractivity (Wildman–Crippen MR) is 68.3 cm³/mol. The molecular formula is C14H22O3. The predicted octanol–water partition coefficient (Wildman–Crippen LogP) is 2.71. The van der Waals surface area contributed by atoms with E-state index < -0.39 is 6.10 Å². The van der Waals surface area contributed by atoms with E-state index in [1.807, 2.05) is 39.0 Å². The van der Waals surface area contributed by atoms with Crippen molar-refractivity contribution >= 4 is 0 Å². The molecule has 1 rings (SSSR count). The van der Waals surface area contributed by atoms with Crippen molar-refractivity contribution in [3.05, 3.63) is 29.3 Å². The van der Waals surface area contributed by atoms with Crippen LogP contribution in [-0.4, -0.2) is 25.4 Å². The lowest BCUT2D eigenvalue weighted by atomic mass is 9.93. The summed E-state index contributed by atoms with van der Waals surface area (Å²) in [5.41, 5.74) is 1.91. The van der Waals surface area contributed by atoms with Crippen LogP contribution in [-0.2, 0) is 4.74 Å². The van der Waals surface area contributed by atoms with Crippen molar-refractivity contribution in [3.8, 4) is 5.75 Å². The second kappa shape index (κ2) is 6.03. The quantitative estimate of drug-likeness (QED) is 0.857. The van der Waals surface area contributed by atoms with E-state index in [4.69, 9.17) is 9.47 Å². The van der Waals surface area contributed by atoms with Gasteiger partial charge in [-0.3, -0.25) is 0 Å². The third-order valence-corrected chi connectivity index (χ3v) is 3.04. The second-order valence-electron chi connectivity index (χ2n) is 4.61. The van der Waals surface area contributed by atoms with Gasteiger partial charge in [-0.2, -0.15) is 0 Å². The summed E-state index contributed by atoms with van der Waals surface area (Å²) in [6.45, 7) is 6.04. The summed E-state index contributed by atoms with van der Waals surface area (Å²) < 4.78 is 10.5. The Morgan fingerprint density at radius 2 is 1.82 bits per heavy atom. The van der Waals surface area contributed by atoms with Crippen LogP contribution in [0.1, 0.15) is 31.1 Å². The van der Waals surface area contributed by atoms with Crippen LogP contribution in [0.5, 0.6) is 5.75 Å². The lowest BCUT2D eigenvalue weighted by Gasteiger charge is -2.26. The normalized spacial score (nSPS) is 14.8. The largest absolute Gasteiger partial charge is 0.497 e. The summed E-state index contributed by atoms with van der Waals surface area (Å²) >= 11 is 0. The highest BCUT2D eigenvalue weighted by molar-refractivity contribution is 5.36. The molecule has 0 amide bonds. The fraction of sp³-hybridized carbons (Fsp3) is 0.571. The van der Waals surface area contributed by atoms with Gasteiger partial charge >= 0.3 is 0 Å². The summed E-state index contributed by atoms with van der Waals surface area (Å²) in [6, 6.07) is 5.68. The van der Waals surface area contributed by atoms with Crippen molar-refractivity contribution in [3.63, 3.8) is 0 Å². The Bertz CT molecular complexity index is 360. The third-order valence-electron chi connectivity index (χ3n) is 3.04. The van der Waals surface area contributed by atoms with Crippen LogP contribution < -0.4 is 4.74 Å². The molecule has 0 saturated heterocycles. The lowest BCUT2D eigenvalue weighted by molar-refractivity contribution is -0.0393. The Labute approximate surface area is 103 Å². The fourth-order valence-electron chi connectivity index (χ4n) is 2.05. The Hall–Kier alpha value is -1.06. The van der Waals surface area contributed by atoms with Crippen LogP contribution in [0.15, 0.2) is 18.2 Å². The molecule has 0 aliphatic rings. The molecular weight excluding hydrogens is 216 g/mol. The zero-order chi connectivity index (χ0) is 13.0. The summed E-state index contributed by atoms with van der Waals surface area (Å²) in [6.07, 6.45) is -0.798. The molecule has 2 atom stereocenters. The summed E-state index contributed by atoms with van der Waals surface area (Å²) in [4.78, 5) is 0. The van der Waals surface area contributed by atoms with Gasteiger partial charge in [0.15, 0.2) is 0 Å². The number of aryl methyl sites for hydroxylation is 1. The number of rotatable bonds is 5. The van der Waals surface area contributed by atoms with Crippen molar-refractivity contribution in [2.75, 3.05) is 14.2 Å². The molecule has 1 aromatic rings. The van der Waals surface area contributed by atoms with Crippen LogP contribution >= 0.6 is 0 Å². The number of aliphatic hydroxyl groups is 1. The van der Waals surface area contributed by atoms with Gasteiger partial charge in [-0.25, -0.2) is 0 Å². The first-order valence-electron chi connectivity index (χ1n) is 5.86. The minimum Gasteiger partial charge on any atom is -0.497 e. The van der Waals surface area contributed by atoms with E-state index in [0.29, 0.717) is 0 Å². The van der Waals surface area contributed by atoms with Gasteiger partial charge in [-0.15, -0.1) is 0 Å². The molecule has 2 unspecified atom stereocenters. The van der Waals surface area contributed by atoms with E-state index in [2.05, 4.69) is 0 Å². The van der Waals surface area contributed by atoms with E-state index in [1.54, 1.807) is 14.2 Å². The summed E-state index contributed by atoms with van der Waals surface area (Å²) in [7, 11) is 3.27. The highest BCUT2D eigenvalue weighted by Gasteiger charge is 2.25. The third kappa shape index (κ3) is 3.20. The van der Waals surface area contributed by atoms with Crippen molar-refractivity contribution in [1.82, 2.24) is 0 Å². The maximum atomic E-state index is 10.3. The summed E-state index contributed by atoms with van der Waals surface area (Å²) in [5.74, 6) is 1.06. The molecule has 17 heavy (non-hydrogen) atoms. The van der Waals surface area contributed by atoms with Crippen LogP contribution in [0.3, 0.4) is 0 Å². The number of aliphatic hydroxyl groups excluding tert-OH is 1. The van der Waals surface area contributed by atoms with E-state index in [9.17, 15) is 5.11 Å². The minimum atomic E-state index is -0.606. The van der Waals surface area contributed by atoms with Crippen molar-refractivity contribution in [2.45, 2.75) is 33.0 Å². The van der Waals surface area contributed by atoms with Crippen LogP contribution in [0.4, 0.5) is 0 Å². The fourth-order valence-corrected chi connectivity index (χ4v) is 2.05. The Kier molecular flexibility index (Phi) is 4.97. The molecule has 96 valence electrons. The highest BCUT2D eigenvalue weighted by atomic mass is 16.5. The average molecular weight is 238 g/mol. The standard InChI is InChI=1S/C14H22O3/c1-9(2)14(17-5)13(15)12-7-6-11(16-4)8-10(12)3/h6-9,13-15H,1-5H3. The van der Waals surface area contributed by atoms with Crippen molar-refractivity contribution in [2.24, 2.45) is 5.92 Å². The first-order valence-corrected chi connectivity index (χ1v) is 5.86. The van der Waals surface area contributed by atoms with Gasteiger partial charge in [0.2, 0.25) is 0 Å². The molecule has 0 spiro atoms. The molecule has 0 radical (unpaired) electrons. The zero-order valence-corrected chi connectivity index (χ0v) is 11.2. The Balaban J connectivity index is 2.99. The maximum absolute atomic E-state index is 10.3. The van der Waals surface area contributed by atoms with E-state index in [-0.39, 0.29) is 12.0 Å². The topological polar surface area (TPSA) is 38.7 Å². The first kappa shape index (κ1) is 14.0. The highest BCUT2D eigenvalue weighted by Crippen LogP contribution is 2.28. The van der Waals surface area contributed by atoms with E-state index >= 15 is 0 Å². The van der Waals surface area contributed by atoms with Gasteiger partial charge < -0.3 is 14.6 Å². The molecule has 0 saturated carbocycles. The Morgan fingerprint density at radius 3 is 2.24 bits per heavy atom. The van der Waals surface area contributed by atoms with Crippen LogP contribution in [0.2, 0.25) is 0 Å². The smallest absolute Gasteiger partial charge is 0.119 e. The van der Waals surface area contributed by atoms with Gasteiger partial charge in [-0.1, -0.05) is 19.9 Å². The first-order chi connectivity index (χ1) is 8.01. The average Bonchev–Trinajstić information content (AvgIpc) is 2.28. The van der Waals surface area contributed by atoms with Gasteiger partial charge in [-0.05, 0) is 36.1 Å². The molecule has 0 aliphatic carbocycles. The molecule has 0 aliphatic heterocycles. The molecule has 0 bridgehead atoms. The molecule has 3 nitrogen and oxygen atoms in total. The van der Waals surface area contributed by atoms with Gasteiger partial charge in [0.05, 0.1) is 13.2 Å². The Morgan fingerprint density at radius 1 is 1.18 bits per heavy atom. The molecule has 0 aromatic heterocycles. The number of ether oxygens (including phenoxy) is 2. The zero-order valence-electron chi connectivity index (χ0n) is 11.2. The van der Waals surface area contributed by atoms with Crippen LogP contribution in [0.25, 0.3) is 0 Å². The monoisotopic (exact) mass is 238 g/mol. The molecule has 0 fully saturated rings. The molecule has 1 aromatic carbocycles. The second-order valence-corrected chi connectivity index (χ2v) is 4.61. The maximum Gasteiger partial charge on any atom is 0.119 e. The van der Waals surface area contributed by atoms with E-state index in [1.165, 1.54) is 0 Å². The summed E-state index contributed by atoms with van der Waals surface area (Å²) in [5, 5.41) is 10.3. The lowest BCUT2D eigenvalue weighted by Crippen LogP contribution is -2.27. The molecule has 1 N–H and O–H groups in total. The minimum absolute atomic E-state index is 0.193. The SMILES string of the molecule is COc1ccc(C(O)C(OC)C(C)C)c(C)c1. The number of benzene rings is 1. The van der Waals surface area contributed by atoms with Crippen LogP contribution in [0, 0.1) is 12.8 Å². The van der Waals surface area contributed by atoms with Gasteiger partial charge in [0, 0.05) is 7.11 Å². The molecule has 3 heteroatoms. The number of hydrogen-bond donors (Lipinski definition) is 1. The van der Waals surface area contributed by atoms with Gasteiger partial charge in [0.25, 0.3) is 0 Å². The van der Waals surface area contributed by atoms with Crippen molar-refractivity contribution in [1.29, 1.82) is 0 Å². The molecule has 0 heterocycles. The van der Waals surface area contributed by atoms with Gasteiger partial charge in [0.1, 0.15) is 11.9 Å². The number of hydrogen-bond acceptors (Lipinski definition) is 3.